The zero-order valence-electron chi connectivity index (χ0n) is 16.2. The number of methoxy groups -OCH3 is 1. The maximum Gasteiger partial charge on any atom is 0.223 e. The van der Waals surface area contributed by atoms with E-state index in [1.54, 1.807) is 7.11 Å². The summed E-state index contributed by atoms with van der Waals surface area (Å²) in [6.07, 6.45) is 11.4. The first kappa shape index (κ1) is 17.8. The van der Waals surface area contributed by atoms with Crippen molar-refractivity contribution in [3.63, 3.8) is 0 Å². The summed E-state index contributed by atoms with van der Waals surface area (Å²) in [6.45, 7) is 3.66. The molecule has 5 rings (SSSR count). The summed E-state index contributed by atoms with van der Waals surface area (Å²) in [5.41, 5.74) is 0.350. The molecular weight excluding hydrogens is 312 g/mol. The molecule has 1 aliphatic heterocycles. The molecule has 4 aliphatic carbocycles. The smallest absolute Gasteiger partial charge is 0.223 e. The lowest BCUT2D eigenvalue weighted by atomic mass is 9.49. The molecule has 4 saturated carbocycles. The molecule has 142 valence electrons. The minimum absolute atomic E-state index is 0.350. The third kappa shape index (κ3) is 3.75. The van der Waals surface area contributed by atoms with E-state index in [2.05, 4.69) is 16.8 Å². The number of amides is 1. The molecule has 0 aromatic carbocycles. The molecule has 0 aromatic rings. The largest absolute Gasteiger partial charge is 0.383 e. The van der Waals surface area contributed by atoms with Gasteiger partial charge in [0.25, 0.3) is 0 Å². The molecule has 0 unspecified atom stereocenters. The highest BCUT2D eigenvalue weighted by atomic mass is 16.5. The van der Waals surface area contributed by atoms with Crippen LogP contribution in [0, 0.1) is 23.2 Å². The zero-order valence-corrected chi connectivity index (χ0v) is 16.2. The van der Waals surface area contributed by atoms with Gasteiger partial charge in [0.05, 0.1) is 6.61 Å². The topological polar surface area (TPSA) is 32.8 Å². The predicted molar refractivity (Wildman–Crippen MR) is 99.3 cm³/mol. The Balaban J connectivity index is 1.43. The lowest BCUT2D eigenvalue weighted by Gasteiger charge is -2.57. The lowest BCUT2D eigenvalue weighted by molar-refractivity contribution is -0.143. The van der Waals surface area contributed by atoms with Crippen molar-refractivity contribution in [2.45, 2.75) is 63.8 Å². The van der Waals surface area contributed by atoms with Gasteiger partial charge >= 0.3 is 0 Å². The number of piperidine rings is 1. The fraction of sp³-hybridized carbons (Fsp3) is 0.952. The number of likely N-dealkylation sites (tertiary alicyclic amines) is 1. The van der Waals surface area contributed by atoms with Crippen molar-refractivity contribution in [2.75, 3.05) is 40.4 Å². The van der Waals surface area contributed by atoms with Gasteiger partial charge in [-0.15, -0.1) is 0 Å². The second-order valence-corrected chi connectivity index (χ2v) is 9.71. The average Bonchev–Trinajstić information content (AvgIpc) is 2.55. The van der Waals surface area contributed by atoms with Gasteiger partial charge in [-0.05, 0) is 94.7 Å². The molecule has 1 saturated heterocycles. The van der Waals surface area contributed by atoms with Crippen molar-refractivity contribution < 1.29 is 9.53 Å². The highest BCUT2D eigenvalue weighted by Gasteiger charge is 2.52. The van der Waals surface area contributed by atoms with E-state index in [-0.39, 0.29) is 0 Å². The first-order chi connectivity index (χ1) is 12.1. The van der Waals surface area contributed by atoms with Gasteiger partial charge in [-0.1, -0.05) is 0 Å². The second-order valence-electron chi connectivity index (χ2n) is 9.71. The molecule has 0 aromatic heterocycles. The number of ether oxygens (including phenoxy) is 1. The number of carbonyl (C=O) groups is 1. The molecule has 25 heavy (non-hydrogen) atoms. The number of hydrogen-bond acceptors (Lipinski definition) is 3. The minimum Gasteiger partial charge on any atom is -0.383 e. The van der Waals surface area contributed by atoms with E-state index in [1.807, 2.05) is 0 Å². The first-order valence-corrected chi connectivity index (χ1v) is 10.5. The Morgan fingerprint density at radius 2 is 1.64 bits per heavy atom. The molecule has 4 bridgehead atoms. The Bertz CT molecular complexity index is 449. The van der Waals surface area contributed by atoms with Gasteiger partial charge in [0, 0.05) is 26.1 Å². The van der Waals surface area contributed by atoms with Gasteiger partial charge in [0.2, 0.25) is 5.91 Å². The fourth-order valence-electron chi connectivity index (χ4n) is 6.94. The SMILES string of the molecule is COCCN(C(=O)CC12CC3CC(CC(C3)C1)C2)C1CCN(C)CC1. The van der Waals surface area contributed by atoms with Gasteiger partial charge in [-0.3, -0.25) is 4.79 Å². The second kappa shape index (κ2) is 7.19. The van der Waals surface area contributed by atoms with Gasteiger partial charge in [0.15, 0.2) is 0 Å². The van der Waals surface area contributed by atoms with Crippen molar-refractivity contribution in [1.29, 1.82) is 0 Å². The third-order valence-electron chi connectivity index (χ3n) is 7.68. The van der Waals surface area contributed by atoms with E-state index in [0.717, 1.165) is 56.7 Å². The molecule has 1 amide bonds. The Hall–Kier alpha value is -0.610. The molecule has 4 heteroatoms. The van der Waals surface area contributed by atoms with Crippen molar-refractivity contribution in [1.82, 2.24) is 9.80 Å². The van der Waals surface area contributed by atoms with Crippen LogP contribution in [0.3, 0.4) is 0 Å². The molecule has 4 nitrogen and oxygen atoms in total. The molecule has 0 radical (unpaired) electrons. The van der Waals surface area contributed by atoms with Crippen LogP contribution >= 0.6 is 0 Å². The van der Waals surface area contributed by atoms with Gasteiger partial charge in [-0.2, -0.15) is 0 Å². The molecular formula is C21H36N2O2. The van der Waals surface area contributed by atoms with Crippen molar-refractivity contribution in [3.05, 3.63) is 0 Å². The van der Waals surface area contributed by atoms with Crippen LogP contribution in [-0.4, -0.2) is 62.1 Å². The first-order valence-electron chi connectivity index (χ1n) is 10.5. The van der Waals surface area contributed by atoms with Crippen molar-refractivity contribution >= 4 is 5.91 Å². The summed E-state index contributed by atoms with van der Waals surface area (Å²) in [6, 6.07) is 0.424. The third-order valence-corrected chi connectivity index (χ3v) is 7.68. The van der Waals surface area contributed by atoms with Crippen LogP contribution in [0.1, 0.15) is 57.8 Å². The van der Waals surface area contributed by atoms with Crippen LogP contribution in [0.5, 0.6) is 0 Å². The van der Waals surface area contributed by atoms with Crippen LogP contribution < -0.4 is 0 Å². The standard InChI is InChI=1S/C21H36N2O2/c1-22-5-3-19(4-6-22)23(7-8-25-2)20(24)15-21-12-16-9-17(13-21)11-18(10-16)14-21/h16-19H,3-15H2,1-2H3. The maximum atomic E-state index is 13.4. The Kier molecular flexibility index (Phi) is 5.11. The van der Waals surface area contributed by atoms with E-state index in [9.17, 15) is 4.79 Å². The monoisotopic (exact) mass is 348 g/mol. The van der Waals surface area contributed by atoms with E-state index >= 15 is 0 Å². The molecule has 0 N–H and O–H groups in total. The molecule has 5 aliphatic rings. The number of hydrogen-bond donors (Lipinski definition) is 0. The summed E-state index contributed by atoms with van der Waals surface area (Å²) < 4.78 is 5.32. The molecule has 5 fully saturated rings. The van der Waals surface area contributed by atoms with E-state index in [0.29, 0.717) is 24.0 Å². The van der Waals surface area contributed by atoms with Gasteiger partial charge < -0.3 is 14.5 Å². The zero-order chi connectivity index (χ0) is 17.4. The lowest BCUT2D eigenvalue weighted by Crippen LogP contribution is -2.52. The summed E-state index contributed by atoms with van der Waals surface area (Å²) >= 11 is 0. The minimum atomic E-state index is 0.350. The Labute approximate surface area is 153 Å². The Morgan fingerprint density at radius 3 is 2.16 bits per heavy atom. The average molecular weight is 349 g/mol. The van der Waals surface area contributed by atoms with Crippen LogP contribution in [0.2, 0.25) is 0 Å². The fourth-order valence-corrected chi connectivity index (χ4v) is 6.94. The highest BCUT2D eigenvalue weighted by Crippen LogP contribution is 2.61. The van der Waals surface area contributed by atoms with Gasteiger partial charge in [0.1, 0.15) is 0 Å². The summed E-state index contributed by atoms with van der Waals surface area (Å²) in [4.78, 5) is 18.0. The highest BCUT2D eigenvalue weighted by molar-refractivity contribution is 5.77. The van der Waals surface area contributed by atoms with E-state index in [1.165, 1.54) is 38.5 Å². The maximum absolute atomic E-state index is 13.4. The number of rotatable bonds is 6. The van der Waals surface area contributed by atoms with Crippen LogP contribution in [0.4, 0.5) is 0 Å². The molecule has 0 atom stereocenters. The van der Waals surface area contributed by atoms with Crippen LogP contribution in [0.25, 0.3) is 0 Å². The van der Waals surface area contributed by atoms with Crippen LogP contribution in [0.15, 0.2) is 0 Å². The van der Waals surface area contributed by atoms with E-state index in [4.69, 9.17) is 4.74 Å². The molecule has 1 heterocycles. The summed E-state index contributed by atoms with van der Waals surface area (Å²) in [5.74, 6) is 3.20. The van der Waals surface area contributed by atoms with Crippen LogP contribution in [-0.2, 0) is 9.53 Å². The summed E-state index contributed by atoms with van der Waals surface area (Å²) in [5, 5.41) is 0. The van der Waals surface area contributed by atoms with Gasteiger partial charge in [-0.25, -0.2) is 0 Å². The van der Waals surface area contributed by atoms with E-state index < -0.39 is 0 Å². The normalized spacial score (nSPS) is 38.2. The van der Waals surface area contributed by atoms with Crippen molar-refractivity contribution in [3.8, 4) is 0 Å². The summed E-state index contributed by atoms with van der Waals surface area (Å²) in [7, 11) is 3.93. The number of nitrogens with zero attached hydrogens (tertiary/aromatic N) is 2. The Morgan fingerprint density at radius 1 is 1.08 bits per heavy atom. The molecule has 0 spiro atoms. The quantitative estimate of drug-likeness (QED) is 0.739. The van der Waals surface area contributed by atoms with Crippen molar-refractivity contribution in [2.24, 2.45) is 23.2 Å². The predicted octanol–water partition coefficient (Wildman–Crippen LogP) is 3.16. The number of carbonyl (C=O) groups excluding carboxylic acids is 1.